The fraction of sp³-hybridized carbons (Fsp3) is 0.846. The monoisotopic (exact) mass is 258 g/mol. The van der Waals surface area contributed by atoms with Gasteiger partial charge in [0.15, 0.2) is 8.32 Å². The van der Waals surface area contributed by atoms with Crippen LogP contribution in [-0.2, 0) is 14.0 Å². The zero-order valence-electron chi connectivity index (χ0n) is 12.2. The third-order valence-electron chi connectivity index (χ3n) is 3.26. The SMILES string of the molecule is CC(=O)CC(=O)C[C@@H](C)O[Si](C)(C)C(C)(C)C. The van der Waals surface area contributed by atoms with Gasteiger partial charge in [-0.2, -0.15) is 0 Å². The number of hydrogen-bond donors (Lipinski definition) is 0. The van der Waals surface area contributed by atoms with Gasteiger partial charge in [-0.3, -0.25) is 9.59 Å². The van der Waals surface area contributed by atoms with E-state index < -0.39 is 8.32 Å². The summed E-state index contributed by atoms with van der Waals surface area (Å²) in [4.78, 5) is 22.3. The standard InChI is InChI=1S/C13H26O3Si/c1-10(14)8-12(15)9-11(2)16-17(6,7)13(3,4)5/h11H,8-9H2,1-7H3/t11-/m1/s1. The Bertz CT molecular complexity index is 290. The van der Waals surface area contributed by atoms with Gasteiger partial charge in [0.1, 0.15) is 11.6 Å². The second kappa shape index (κ2) is 5.91. The van der Waals surface area contributed by atoms with E-state index in [1.165, 1.54) is 6.92 Å². The lowest BCUT2D eigenvalue weighted by Crippen LogP contribution is -2.43. The highest BCUT2D eigenvalue weighted by atomic mass is 28.4. The van der Waals surface area contributed by atoms with Gasteiger partial charge in [-0.1, -0.05) is 20.8 Å². The van der Waals surface area contributed by atoms with Gasteiger partial charge in [0, 0.05) is 12.5 Å². The Hall–Kier alpha value is -0.483. The Morgan fingerprint density at radius 1 is 1.24 bits per heavy atom. The van der Waals surface area contributed by atoms with Gasteiger partial charge >= 0.3 is 0 Å². The average Bonchev–Trinajstić information content (AvgIpc) is 1.96. The lowest BCUT2D eigenvalue weighted by Gasteiger charge is -2.38. The minimum atomic E-state index is -1.81. The van der Waals surface area contributed by atoms with Crippen molar-refractivity contribution in [1.29, 1.82) is 0 Å². The molecule has 0 heterocycles. The van der Waals surface area contributed by atoms with Gasteiger partial charge in [0.25, 0.3) is 0 Å². The minimum absolute atomic E-state index is 0.0243. The molecule has 0 unspecified atom stereocenters. The van der Waals surface area contributed by atoms with Crippen molar-refractivity contribution in [3.8, 4) is 0 Å². The molecular formula is C13H26O3Si. The molecule has 0 rings (SSSR count). The van der Waals surface area contributed by atoms with E-state index in [2.05, 4.69) is 33.9 Å². The summed E-state index contributed by atoms with van der Waals surface area (Å²) < 4.78 is 6.06. The molecule has 0 aliphatic rings. The molecule has 0 aromatic rings. The van der Waals surface area contributed by atoms with E-state index >= 15 is 0 Å². The highest BCUT2D eigenvalue weighted by molar-refractivity contribution is 6.74. The van der Waals surface area contributed by atoms with Gasteiger partial charge in [0.2, 0.25) is 0 Å². The van der Waals surface area contributed by atoms with Gasteiger partial charge in [-0.15, -0.1) is 0 Å². The summed E-state index contributed by atoms with van der Waals surface area (Å²) >= 11 is 0. The predicted octanol–water partition coefficient (Wildman–Crippen LogP) is 3.34. The number of ketones is 2. The Kier molecular flexibility index (Phi) is 5.74. The lowest BCUT2D eigenvalue weighted by molar-refractivity contribution is -0.126. The summed E-state index contributed by atoms with van der Waals surface area (Å²) in [6.07, 6.45) is 0.278. The molecule has 100 valence electrons. The van der Waals surface area contributed by atoms with E-state index in [4.69, 9.17) is 4.43 Å². The first-order chi connectivity index (χ1) is 7.45. The second-order valence-electron chi connectivity index (χ2n) is 6.31. The van der Waals surface area contributed by atoms with Gasteiger partial charge in [-0.05, 0) is 32.0 Å². The predicted molar refractivity (Wildman–Crippen MR) is 72.7 cm³/mol. The van der Waals surface area contributed by atoms with Gasteiger partial charge < -0.3 is 4.43 Å². The van der Waals surface area contributed by atoms with Crippen molar-refractivity contribution in [2.75, 3.05) is 0 Å². The number of carbonyl (C=O) groups is 2. The Balaban J connectivity index is 4.32. The van der Waals surface area contributed by atoms with E-state index in [-0.39, 0.29) is 29.1 Å². The van der Waals surface area contributed by atoms with Crippen LogP contribution in [0.2, 0.25) is 18.1 Å². The molecule has 0 saturated heterocycles. The largest absolute Gasteiger partial charge is 0.414 e. The van der Waals surface area contributed by atoms with Crippen molar-refractivity contribution in [1.82, 2.24) is 0 Å². The first-order valence-electron chi connectivity index (χ1n) is 6.14. The fourth-order valence-corrected chi connectivity index (χ4v) is 2.83. The van der Waals surface area contributed by atoms with Crippen LogP contribution in [0.5, 0.6) is 0 Å². The summed E-state index contributed by atoms with van der Waals surface area (Å²) in [5.41, 5.74) is 0. The third-order valence-corrected chi connectivity index (χ3v) is 7.87. The molecule has 17 heavy (non-hydrogen) atoms. The van der Waals surface area contributed by atoms with Crippen LogP contribution in [0.1, 0.15) is 47.5 Å². The molecule has 0 spiro atoms. The van der Waals surface area contributed by atoms with E-state index in [1.807, 2.05) is 6.92 Å². The van der Waals surface area contributed by atoms with Crippen molar-refractivity contribution in [3.05, 3.63) is 0 Å². The number of hydrogen-bond acceptors (Lipinski definition) is 3. The van der Waals surface area contributed by atoms with Crippen LogP contribution in [0.4, 0.5) is 0 Å². The molecule has 3 nitrogen and oxygen atoms in total. The normalized spacial score (nSPS) is 14.5. The molecule has 0 aliphatic carbocycles. The quantitative estimate of drug-likeness (QED) is 0.542. The van der Waals surface area contributed by atoms with Gasteiger partial charge in [0.05, 0.1) is 6.42 Å². The summed E-state index contributed by atoms with van der Waals surface area (Å²) in [5.74, 6) is -0.0989. The first-order valence-corrected chi connectivity index (χ1v) is 9.05. The molecule has 0 radical (unpaired) electrons. The van der Waals surface area contributed by atoms with E-state index in [1.54, 1.807) is 0 Å². The van der Waals surface area contributed by atoms with E-state index in [0.29, 0.717) is 6.42 Å². The maximum Gasteiger partial charge on any atom is 0.192 e. The van der Waals surface area contributed by atoms with Crippen molar-refractivity contribution in [3.63, 3.8) is 0 Å². The van der Waals surface area contributed by atoms with Crippen molar-refractivity contribution in [2.24, 2.45) is 0 Å². The second-order valence-corrected chi connectivity index (χ2v) is 11.1. The highest BCUT2D eigenvalue weighted by Crippen LogP contribution is 2.37. The summed E-state index contributed by atoms with van der Waals surface area (Å²) in [6, 6.07) is 0. The average molecular weight is 258 g/mol. The van der Waals surface area contributed by atoms with E-state index in [9.17, 15) is 9.59 Å². The van der Waals surface area contributed by atoms with Crippen molar-refractivity contribution >= 4 is 19.9 Å². The molecular weight excluding hydrogens is 232 g/mol. The first kappa shape index (κ1) is 16.5. The summed E-state index contributed by atoms with van der Waals surface area (Å²) in [6.45, 7) is 14.2. The van der Waals surface area contributed by atoms with Crippen molar-refractivity contribution < 1.29 is 14.0 Å². The smallest absolute Gasteiger partial charge is 0.192 e. The zero-order valence-corrected chi connectivity index (χ0v) is 13.2. The van der Waals surface area contributed by atoms with Crippen LogP contribution in [0.25, 0.3) is 0 Å². The number of carbonyl (C=O) groups excluding carboxylic acids is 2. The molecule has 0 N–H and O–H groups in total. The van der Waals surface area contributed by atoms with Crippen LogP contribution < -0.4 is 0 Å². The molecule has 1 atom stereocenters. The fourth-order valence-electron chi connectivity index (χ4n) is 1.39. The molecule has 0 aromatic heterocycles. The van der Waals surface area contributed by atoms with Crippen LogP contribution in [0, 0.1) is 0 Å². The lowest BCUT2D eigenvalue weighted by atomic mass is 10.1. The highest BCUT2D eigenvalue weighted by Gasteiger charge is 2.38. The van der Waals surface area contributed by atoms with Crippen LogP contribution in [0.3, 0.4) is 0 Å². The van der Waals surface area contributed by atoms with E-state index in [0.717, 1.165) is 0 Å². The van der Waals surface area contributed by atoms with Crippen LogP contribution >= 0.6 is 0 Å². The zero-order chi connectivity index (χ0) is 13.9. The van der Waals surface area contributed by atoms with Gasteiger partial charge in [-0.25, -0.2) is 0 Å². The Morgan fingerprint density at radius 3 is 2.06 bits per heavy atom. The van der Waals surface area contributed by atoms with Crippen LogP contribution in [-0.4, -0.2) is 26.0 Å². The van der Waals surface area contributed by atoms with Crippen molar-refractivity contribution in [2.45, 2.75) is 71.7 Å². The molecule has 0 saturated carbocycles. The number of rotatable bonds is 6. The maximum absolute atomic E-state index is 11.5. The maximum atomic E-state index is 11.5. The molecule has 0 amide bonds. The molecule has 0 aliphatic heterocycles. The minimum Gasteiger partial charge on any atom is -0.414 e. The van der Waals surface area contributed by atoms with Crippen LogP contribution in [0.15, 0.2) is 0 Å². The molecule has 0 bridgehead atoms. The number of Topliss-reactive ketones (excluding diaryl/α,β-unsaturated/α-hetero) is 2. The summed E-state index contributed by atoms with van der Waals surface area (Å²) in [7, 11) is -1.81. The molecule has 0 fully saturated rings. The molecule has 4 heteroatoms. The Labute approximate surface area is 106 Å². The summed E-state index contributed by atoms with van der Waals surface area (Å²) in [5, 5.41) is 0.144. The Morgan fingerprint density at radius 2 is 1.71 bits per heavy atom. The topological polar surface area (TPSA) is 43.4 Å². The third kappa shape index (κ3) is 6.12. The molecule has 0 aromatic carbocycles.